The van der Waals surface area contributed by atoms with E-state index in [-0.39, 0.29) is 5.75 Å². The maximum absolute atomic E-state index is 10.4. The van der Waals surface area contributed by atoms with Crippen molar-refractivity contribution in [3.63, 3.8) is 0 Å². The van der Waals surface area contributed by atoms with Gasteiger partial charge in [0.2, 0.25) is 0 Å². The van der Waals surface area contributed by atoms with E-state index in [1.54, 1.807) is 28.4 Å². The summed E-state index contributed by atoms with van der Waals surface area (Å²) in [4.78, 5) is 0. The van der Waals surface area contributed by atoms with Crippen LogP contribution in [0.25, 0.3) is 11.1 Å². The number of aromatic hydroxyl groups is 1. The molecule has 0 aliphatic rings. The highest BCUT2D eigenvalue weighted by Crippen LogP contribution is 2.32. The second kappa shape index (κ2) is 9.53. The lowest BCUT2D eigenvalue weighted by Gasteiger charge is -2.14. The molecule has 5 nitrogen and oxygen atoms in total. The Morgan fingerprint density at radius 1 is 0.600 bits per heavy atom. The first-order valence-corrected chi connectivity index (χ1v) is 8.06. The molecule has 0 aliphatic carbocycles. The lowest BCUT2D eigenvalue weighted by atomic mass is 9.96. The van der Waals surface area contributed by atoms with Gasteiger partial charge < -0.3 is 24.1 Å². The van der Waals surface area contributed by atoms with E-state index in [1.165, 1.54) is 0 Å². The van der Waals surface area contributed by atoms with E-state index < -0.39 is 0 Å². The fraction of sp³-hybridized carbons (Fsp3) is 0.400. The number of rotatable bonds is 9. The van der Waals surface area contributed by atoms with Crippen LogP contribution >= 0.6 is 0 Å². The minimum atomic E-state index is 0.220. The van der Waals surface area contributed by atoms with Crippen molar-refractivity contribution in [2.45, 2.75) is 26.4 Å². The Balaban J connectivity index is 2.55. The number of ether oxygens (including phenoxy) is 4. The molecule has 25 heavy (non-hydrogen) atoms. The molecule has 0 saturated heterocycles. The standard InChI is InChI=1S/C20H26O5/c1-22-10-14-5-15(11-23-2)7-16(6-14)17-8-18(12-24-3)20(21)19(9-17)13-25-4/h5-9,21H,10-13H2,1-4H3. The first kappa shape index (κ1) is 19.4. The summed E-state index contributed by atoms with van der Waals surface area (Å²) in [6.45, 7) is 1.72. The first-order chi connectivity index (χ1) is 12.1. The zero-order chi connectivity index (χ0) is 18.2. The Morgan fingerprint density at radius 3 is 1.40 bits per heavy atom. The van der Waals surface area contributed by atoms with Gasteiger partial charge in [0.1, 0.15) is 5.75 Å². The number of hydrogen-bond donors (Lipinski definition) is 1. The van der Waals surface area contributed by atoms with Crippen LogP contribution in [-0.2, 0) is 45.4 Å². The maximum Gasteiger partial charge on any atom is 0.126 e. The number of methoxy groups -OCH3 is 4. The summed E-state index contributed by atoms with van der Waals surface area (Å²) in [5.74, 6) is 0.220. The molecule has 0 atom stereocenters. The van der Waals surface area contributed by atoms with Gasteiger partial charge in [0.05, 0.1) is 26.4 Å². The molecule has 2 aromatic rings. The second-order valence-corrected chi connectivity index (χ2v) is 5.91. The molecule has 0 fully saturated rings. The molecule has 0 aliphatic heterocycles. The third-order valence-corrected chi connectivity index (χ3v) is 3.88. The molecular weight excluding hydrogens is 320 g/mol. The van der Waals surface area contributed by atoms with Crippen molar-refractivity contribution < 1.29 is 24.1 Å². The molecule has 5 heteroatoms. The second-order valence-electron chi connectivity index (χ2n) is 5.91. The number of phenols is 1. The summed E-state index contributed by atoms with van der Waals surface area (Å²) in [6, 6.07) is 10.1. The van der Waals surface area contributed by atoms with Gasteiger partial charge in [-0.05, 0) is 46.5 Å². The van der Waals surface area contributed by atoms with Crippen LogP contribution in [0, 0.1) is 0 Å². The molecule has 0 bridgehead atoms. The van der Waals surface area contributed by atoms with Crippen LogP contribution in [0.15, 0.2) is 30.3 Å². The third-order valence-electron chi connectivity index (χ3n) is 3.88. The maximum atomic E-state index is 10.4. The van der Waals surface area contributed by atoms with Gasteiger partial charge >= 0.3 is 0 Å². The topological polar surface area (TPSA) is 57.2 Å². The number of benzene rings is 2. The van der Waals surface area contributed by atoms with Crippen LogP contribution in [0.2, 0.25) is 0 Å². The van der Waals surface area contributed by atoms with Crippen LogP contribution in [0.4, 0.5) is 0 Å². The highest BCUT2D eigenvalue weighted by molar-refractivity contribution is 5.69. The minimum Gasteiger partial charge on any atom is -0.507 e. The molecule has 0 radical (unpaired) electrons. The highest BCUT2D eigenvalue weighted by atomic mass is 16.5. The minimum absolute atomic E-state index is 0.220. The van der Waals surface area contributed by atoms with E-state index in [1.807, 2.05) is 12.1 Å². The predicted molar refractivity (Wildman–Crippen MR) is 96.4 cm³/mol. The average molecular weight is 346 g/mol. The van der Waals surface area contributed by atoms with Gasteiger partial charge in [0.25, 0.3) is 0 Å². The van der Waals surface area contributed by atoms with E-state index in [4.69, 9.17) is 18.9 Å². The Hall–Kier alpha value is -1.92. The van der Waals surface area contributed by atoms with E-state index in [9.17, 15) is 5.11 Å². The van der Waals surface area contributed by atoms with Gasteiger partial charge in [0, 0.05) is 39.6 Å². The molecular formula is C20H26O5. The molecule has 0 heterocycles. The third kappa shape index (κ3) is 5.03. The zero-order valence-corrected chi connectivity index (χ0v) is 15.3. The van der Waals surface area contributed by atoms with Crippen LogP contribution in [0.3, 0.4) is 0 Å². The molecule has 136 valence electrons. The van der Waals surface area contributed by atoms with Crippen molar-refractivity contribution >= 4 is 0 Å². The first-order valence-electron chi connectivity index (χ1n) is 8.06. The molecule has 0 aromatic heterocycles. The van der Waals surface area contributed by atoms with Gasteiger partial charge in [0.15, 0.2) is 0 Å². The van der Waals surface area contributed by atoms with E-state index in [2.05, 4.69) is 18.2 Å². The van der Waals surface area contributed by atoms with E-state index in [0.717, 1.165) is 33.4 Å². The van der Waals surface area contributed by atoms with Crippen molar-refractivity contribution in [1.82, 2.24) is 0 Å². The Labute approximate surface area is 149 Å². The molecule has 0 unspecified atom stereocenters. The van der Waals surface area contributed by atoms with Gasteiger partial charge in [-0.2, -0.15) is 0 Å². The lowest BCUT2D eigenvalue weighted by Crippen LogP contribution is -1.98. The highest BCUT2D eigenvalue weighted by Gasteiger charge is 2.12. The van der Waals surface area contributed by atoms with Crippen LogP contribution < -0.4 is 0 Å². The molecule has 1 N–H and O–H groups in total. The summed E-state index contributed by atoms with van der Waals surface area (Å²) in [7, 11) is 6.57. The van der Waals surface area contributed by atoms with Crippen LogP contribution in [0.1, 0.15) is 22.3 Å². The smallest absolute Gasteiger partial charge is 0.126 e. The molecule has 0 saturated carbocycles. The van der Waals surface area contributed by atoms with Crippen molar-refractivity contribution in [3.05, 3.63) is 52.6 Å². The predicted octanol–water partition coefficient (Wildman–Crippen LogP) is 3.64. The summed E-state index contributed by atoms with van der Waals surface area (Å²) < 4.78 is 21.0. The fourth-order valence-corrected chi connectivity index (χ4v) is 2.89. The number of hydrogen-bond acceptors (Lipinski definition) is 5. The lowest BCUT2D eigenvalue weighted by molar-refractivity contribution is 0.174. The van der Waals surface area contributed by atoms with Gasteiger partial charge in [-0.1, -0.05) is 6.07 Å². The number of phenolic OH excluding ortho intramolecular Hbond substituents is 1. The fourth-order valence-electron chi connectivity index (χ4n) is 2.89. The van der Waals surface area contributed by atoms with Gasteiger partial charge in [-0.15, -0.1) is 0 Å². The quantitative estimate of drug-likeness (QED) is 0.751. The van der Waals surface area contributed by atoms with Crippen molar-refractivity contribution in [2.75, 3.05) is 28.4 Å². The van der Waals surface area contributed by atoms with Crippen molar-refractivity contribution in [2.24, 2.45) is 0 Å². The van der Waals surface area contributed by atoms with Crippen molar-refractivity contribution in [1.29, 1.82) is 0 Å². The van der Waals surface area contributed by atoms with Crippen LogP contribution in [-0.4, -0.2) is 33.5 Å². The van der Waals surface area contributed by atoms with Gasteiger partial charge in [-0.3, -0.25) is 0 Å². The van der Waals surface area contributed by atoms with Crippen LogP contribution in [0.5, 0.6) is 5.75 Å². The normalized spacial score (nSPS) is 11.0. The molecule has 0 spiro atoms. The molecule has 2 rings (SSSR count). The summed E-state index contributed by atoms with van der Waals surface area (Å²) >= 11 is 0. The van der Waals surface area contributed by atoms with Gasteiger partial charge in [-0.25, -0.2) is 0 Å². The van der Waals surface area contributed by atoms with E-state index >= 15 is 0 Å². The summed E-state index contributed by atoms with van der Waals surface area (Å²) in [5.41, 5.74) is 5.64. The van der Waals surface area contributed by atoms with Crippen molar-refractivity contribution in [3.8, 4) is 16.9 Å². The average Bonchev–Trinajstić information content (AvgIpc) is 2.59. The SMILES string of the molecule is COCc1cc(COC)cc(-c2cc(COC)c(O)c(COC)c2)c1. The Bertz CT molecular complexity index is 645. The molecule has 2 aromatic carbocycles. The largest absolute Gasteiger partial charge is 0.507 e. The monoisotopic (exact) mass is 346 g/mol. The van der Waals surface area contributed by atoms with E-state index in [0.29, 0.717) is 26.4 Å². The Kier molecular flexibility index (Phi) is 7.40. The summed E-state index contributed by atoms with van der Waals surface area (Å²) in [5, 5.41) is 10.4. The summed E-state index contributed by atoms with van der Waals surface area (Å²) in [6.07, 6.45) is 0. The zero-order valence-electron chi connectivity index (χ0n) is 15.3. The molecule has 0 amide bonds. The Morgan fingerprint density at radius 2 is 1.00 bits per heavy atom.